The fraction of sp³-hybridized carbons (Fsp3) is 0.619. The van der Waals surface area contributed by atoms with Crippen LogP contribution in [-0.4, -0.2) is 0 Å². The van der Waals surface area contributed by atoms with Crippen LogP contribution in [0.1, 0.15) is 70.3 Å². The minimum atomic E-state index is -0.137. The molecule has 0 saturated heterocycles. The fourth-order valence-electron chi connectivity index (χ4n) is 4.57. The van der Waals surface area contributed by atoms with Gasteiger partial charge in [0.1, 0.15) is 5.82 Å². The number of hydrogen-bond donors (Lipinski definition) is 0. The molecular formula is C21H29F. The Morgan fingerprint density at radius 1 is 0.955 bits per heavy atom. The Kier molecular flexibility index (Phi) is 5.33. The van der Waals surface area contributed by atoms with E-state index in [1.54, 1.807) is 12.1 Å². The Morgan fingerprint density at radius 2 is 1.68 bits per heavy atom. The topological polar surface area (TPSA) is 0 Å². The Bertz CT molecular complexity index is 491. The van der Waals surface area contributed by atoms with E-state index in [2.05, 4.69) is 13.0 Å². The molecule has 0 amide bonds. The molecule has 0 aliphatic heterocycles. The number of halogens is 1. The van der Waals surface area contributed by atoms with E-state index >= 15 is 0 Å². The van der Waals surface area contributed by atoms with Gasteiger partial charge in [-0.1, -0.05) is 50.8 Å². The zero-order valence-electron chi connectivity index (χ0n) is 13.9. The van der Waals surface area contributed by atoms with Crippen LogP contribution in [0.2, 0.25) is 0 Å². The molecule has 1 heteroatoms. The summed E-state index contributed by atoms with van der Waals surface area (Å²) >= 11 is 0. The van der Waals surface area contributed by atoms with Crippen LogP contribution >= 0.6 is 0 Å². The fourth-order valence-corrected chi connectivity index (χ4v) is 4.57. The SMILES string of the molecule is CCCC1CCC(C2CC=C(c3ccc(F)cc3)CC2)CC1. The van der Waals surface area contributed by atoms with Crippen molar-refractivity contribution in [3.8, 4) is 0 Å². The molecule has 1 atom stereocenters. The van der Waals surface area contributed by atoms with Crippen molar-refractivity contribution < 1.29 is 4.39 Å². The first-order valence-corrected chi connectivity index (χ1v) is 9.21. The van der Waals surface area contributed by atoms with Gasteiger partial charge in [0.25, 0.3) is 0 Å². The highest BCUT2D eigenvalue weighted by molar-refractivity contribution is 5.66. The third-order valence-electron chi connectivity index (χ3n) is 5.92. The average Bonchev–Trinajstić information content (AvgIpc) is 2.57. The third kappa shape index (κ3) is 3.80. The molecule has 22 heavy (non-hydrogen) atoms. The smallest absolute Gasteiger partial charge is 0.123 e. The van der Waals surface area contributed by atoms with Gasteiger partial charge < -0.3 is 0 Å². The first-order valence-electron chi connectivity index (χ1n) is 9.21. The normalized spacial score (nSPS) is 29.2. The third-order valence-corrected chi connectivity index (χ3v) is 5.92. The molecule has 1 unspecified atom stereocenters. The van der Waals surface area contributed by atoms with E-state index in [1.165, 1.54) is 68.9 Å². The van der Waals surface area contributed by atoms with Crippen molar-refractivity contribution in [1.29, 1.82) is 0 Å². The quantitative estimate of drug-likeness (QED) is 0.586. The Balaban J connectivity index is 1.54. The lowest BCUT2D eigenvalue weighted by molar-refractivity contribution is 0.189. The van der Waals surface area contributed by atoms with Gasteiger partial charge in [-0.25, -0.2) is 4.39 Å². The van der Waals surface area contributed by atoms with Crippen LogP contribution in [0.25, 0.3) is 5.57 Å². The zero-order chi connectivity index (χ0) is 15.4. The van der Waals surface area contributed by atoms with Crippen LogP contribution < -0.4 is 0 Å². The maximum absolute atomic E-state index is 13.0. The number of hydrogen-bond acceptors (Lipinski definition) is 0. The summed E-state index contributed by atoms with van der Waals surface area (Å²) in [5.41, 5.74) is 2.64. The van der Waals surface area contributed by atoms with Gasteiger partial charge in [0.15, 0.2) is 0 Å². The first-order chi connectivity index (χ1) is 10.8. The molecule has 1 aromatic carbocycles. The van der Waals surface area contributed by atoms with E-state index in [0.29, 0.717) is 0 Å². The Morgan fingerprint density at radius 3 is 2.27 bits per heavy atom. The van der Waals surface area contributed by atoms with Gasteiger partial charge >= 0.3 is 0 Å². The molecular weight excluding hydrogens is 271 g/mol. The molecule has 3 rings (SSSR count). The van der Waals surface area contributed by atoms with Gasteiger partial charge in [-0.05, 0) is 73.1 Å². The molecule has 1 fully saturated rings. The van der Waals surface area contributed by atoms with Gasteiger partial charge in [0.2, 0.25) is 0 Å². The molecule has 2 aliphatic rings. The van der Waals surface area contributed by atoms with Gasteiger partial charge in [-0.3, -0.25) is 0 Å². The zero-order valence-corrected chi connectivity index (χ0v) is 13.9. The highest BCUT2D eigenvalue weighted by Crippen LogP contribution is 2.41. The van der Waals surface area contributed by atoms with Gasteiger partial charge in [-0.2, -0.15) is 0 Å². The van der Waals surface area contributed by atoms with E-state index < -0.39 is 0 Å². The van der Waals surface area contributed by atoms with Crippen molar-refractivity contribution in [3.05, 3.63) is 41.7 Å². The summed E-state index contributed by atoms with van der Waals surface area (Å²) in [6.45, 7) is 2.31. The van der Waals surface area contributed by atoms with Crippen molar-refractivity contribution in [2.75, 3.05) is 0 Å². The minimum Gasteiger partial charge on any atom is -0.207 e. The number of benzene rings is 1. The molecule has 0 N–H and O–H groups in total. The molecule has 0 radical (unpaired) electrons. The number of allylic oxidation sites excluding steroid dienone is 2. The van der Waals surface area contributed by atoms with Crippen molar-refractivity contribution in [2.45, 2.75) is 64.7 Å². The lowest BCUT2D eigenvalue weighted by atomic mass is 9.70. The van der Waals surface area contributed by atoms with Crippen molar-refractivity contribution in [1.82, 2.24) is 0 Å². The summed E-state index contributed by atoms with van der Waals surface area (Å²) < 4.78 is 13.0. The molecule has 1 saturated carbocycles. The summed E-state index contributed by atoms with van der Waals surface area (Å²) in [5.74, 6) is 2.72. The minimum absolute atomic E-state index is 0.137. The Hall–Kier alpha value is -1.11. The summed E-state index contributed by atoms with van der Waals surface area (Å²) in [6, 6.07) is 7.02. The molecule has 0 aromatic heterocycles. The second-order valence-electron chi connectivity index (χ2n) is 7.34. The second kappa shape index (κ2) is 7.44. The van der Waals surface area contributed by atoms with Crippen molar-refractivity contribution in [3.63, 3.8) is 0 Å². The molecule has 0 heterocycles. The van der Waals surface area contributed by atoms with Crippen LogP contribution in [0.4, 0.5) is 4.39 Å². The largest absolute Gasteiger partial charge is 0.207 e. The summed E-state index contributed by atoms with van der Waals surface area (Å²) in [7, 11) is 0. The molecule has 120 valence electrons. The molecule has 2 aliphatic carbocycles. The highest BCUT2D eigenvalue weighted by Gasteiger charge is 2.28. The lowest BCUT2D eigenvalue weighted by Gasteiger charge is -2.35. The van der Waals surface area contributed by atoms with E-state index in [9.17, 15) is 4.39 Å². The predicted octanol–water partition coefficient (Wildman–Crippen LogP) is 6.62. The van der Waals surface area contributed by atoms with Gasteiger partial charge in [-0.15, -0.1) is 0 Å². The van der Waals surface area contributed by atoms with Crippen LogP contribution in [0.3, 0.4) is 0 Å². The van der Waals surface area contributed by atoms with Crippen LogP contribution in [-0.2, 0) is 0 Å². The van der Waals surface area contributed by atoms with Crippen LogP contribution in [0.15, 0.2) is 30.3 Å². The lowest BCUT2D eigenvalue weighted by Crippen LogP contribution is -2.23. The van der Waals surface area contributed by atoms with Gasteiger partial charge in [0, 0.05) is 0 Å². The monoisotopic (exact) mass is 300 g/mol. The molecule has 0 bridgehead atoms. The highest BCUT2D eigenvalue weighted by atomic mass is 19.1. The van der Waals surface area contributed by atoms with E-state index in [4.69, 9.17) is 0 Å². The summed E-state index contributed by atoms with van der Waals surface area (Å²) in [4.78, 5) is 0. The molecule has 0 spiro atoms. The predicted molar refractivity (Wildman–Crippen MR) is 92.1 cm³/mol. The summed E-state index contributed by atoms with van der Waals surface area (Å²) in [5, 5.41) is 0. The van der Waals surface area contributed by atoms with Crippen molar-refractivity contribution >= 4 is 5.57 Å². The summed E-state index contributed by atoms with van der Waals surface area (Å²) in [6.07, 6.45) is 14.8. The van der Waals surface area contributed by atoms with Crippen LogP contribution in [0.5, 0.6) is 0 Å². The van der Waals surface area contributed by atoms with E-state index in [1.807, 2.05) is 12.1 Å². The standard InChI is InChI=1S/C21H29F/c1-2-3-16-4-6-17(7-5-16)18-8-10-19(11-9-18)20-12-14-21(22)15-13-20/h10,12-18H,2-9,11H2,1H3. The Labute approximate surface area is 134 Å². The van der Waals surface area contributed by atoms with E-state index in [0.717, 1.165) is 17.8 Å². The first kappa shape index (κ1) is 15.8. The maximum Gasteiger partial charge on any atom is 0.123 e. The molecule has 1 aromatic rings. The van der Waals surface area contributed by atoms with E-state index in [-0.39, 0.29) is 5.82 Å². The number of rotatable bonds is 4. The molecule has 0 nitrogen and oxygen atoms in total. The van der Waals surface area contributed by atoms with Crippen LogP contribution in [0, 0.1) is 23.6 Å². The maximum atomic E-state index is 13.0. The van der Waals surface area contributed by atoms with Crippen molar-refractivity contribution in [2.24, 2.45) is 17.8 Å². The average molecular weight is 300 g/mol. The van der Waals surface area contributed by atoms with Gasteiger partial charge in [0.05, 0.1) is 0 Å². The second-order valence-corrected chi connectivity index (χ2v) is 7.34.